The van der Waals surface area contributed by atoms with E-state index < -0.39 is 0 Å². The minimum atomic E-state index is 0.657. The highest BCUT2D eigenvalue weighted by atomic mass is 32.1. The maximum atomic E-state index is 4.67. The largest absolute Gasteiger partial charge is 0.359 e. The van der Waals surface area contributed by atoms with Gasteiger partial charge in [-0.1, -0.05) is 54.6 Å². The van der Waals surface area contributed by atoms with Crippen molar-refractivity contribution in [1.82, 2.24) is 4.98 Å². The number of thiazole rings is 1. The van der Waals surface area contributed by atoms with E-state index >= 15 is 0 Å². The summed E-state index contributed by atoms with van der Waals surface area (Å²) in [5, 5.41) is 6.62. The van der Waals surface area contributed by atoms with Crippen molar-refractivity contribution in [3.63, 3.8) is 0 Å². The first-order valence-electron chi connectivity index (χ1n) is 7.26. The average molecular weight is 292 g/mol. The zero-order valence-corrected chi connectivity index (χ0v) is 12.4. The van der Waals surface area contributed by atoms with E-state index in [1.165, 1.54) is 29.5 Å². The predicted molar refractivity (Wildman–Crippen MR) is 89.6 cm³/mol. The third kappa shape index (κ3) is 2.83. The second-order valence-electron chi connectivity index (χ2n) is 5.40. The maximum Gasteiger partial charge on any atom is 0.183 e. The van der Waals surface area contributed by atoms with Crippen LogP contribution in [0.2, 0.25) is 0 Å². The fourth-order valence-electron chi connectivity index (χ4n) is 2.34. The molecule has 0 aliphatic heterocycles. The average Bonchev–Trinajstić information content (AvgIpc) is 3.24. The molecule has 3 heteroatoms. The van der Waals surface area contributed by atoms with Gasteiger partial charge in [0.2, 0.25) is 0 Å². The molecule has 1 N–H and O–H groups in total. The van der Waals surface area contributed by atoms with E-state index in [1.807, 2.05) is 6.07 Å². The van der Waals surface area contributed by atoms with Crippen LogP contribution < -0.4 is 5.32 Å². The van der Waals surface area contributed by atoms with E-state index in [0.717, 1.165) is 10.8 Å². The second-order valence-corrected chi connectivity index (χ2v) is 6.26. The van der Waals surface area contributed by atoms with Gasteiger partial charge in [0.05, 0.1) is 5.69 Å². The highest BCUT2D eigenvalue weighted by Gasteiger charge is 2.22. The Bertz CT molecular complexity index is 727. The van der Waals surface area contributed by atoms with Gasteiger partial charge in [0.1, 0.15) is 0 Å². The van der Waals surface area contributed by atoms with Gasteiger partial charge < -0.3 is 5.32 Å². The van der Waals surface area contributed by atoms with Gasteiger partial charge in [-0.3, -0.25) is 0 Å². The minimum Gasteiger partial charge on any atom is -0.359 e. The molecule has 0 unspecified atom stereocenters. The molecular weight excluding hydrogens is 276 g/mol. The van der Waals surface area contributed by atoms with Crippen molar-refractivity contribution >= 4 is 16.5 Å². The molecule has 3 aromatic rings. The molecule has 2 aromatic carbocycles. The zero-order valence-electron chi connectivity index (χ0n) is 11.6. The molecule has 0 amide bonds. The molecule has 1 aliphatic carbocycles. The molecule has 1 heterocycles. The van der Waals surface area contributed by atoms with Gasteiger partial charge in [-0.25, -0.2) is 4.98 Å². The van der Waals surface area contributed by atoms with Crippen LogP contribution in [0.5, 0.6) is 0 Å². The number of anilines is 1. The topological polar surface area (TPSA) is 24.9 Å². The third-order valence-corrected chi connectivity index (χ3v) is 4.47. The van der Waals surface area contributed by atoms with E-state index in [-0.39, 0.29) is 0 Å². The van der Waals surface area contributed by atoms with Crippen molar-refractivity contribution < 1.29 is 0 Å². The summed E-state index contributed by atoms with van der Waals surface area (Å²) in [4.78, 5) is 4.67. The Kier molecular flexibility index (Phi) is 3.20. The van der Waals surface area contributed by atoms with Crippen LogP contribution in [-0.2, 0) is 0 Å². The fraction of sp³-hybridized carbons (Fsp3) is 0.167. The molecule has 1 aromatic heterocycles. The van der Waals surface area contributed by atoms with E-state index in [0.29, 0.717) is 6.04 Å². The Hall–Kier alpha value is -2.13. The normalized spacial score (nSPS) is 14.1. The number of hydrogen-bond acceptors (Lipinski definition) is 3. The van der Waals surface area contributed by atoms with Crippen LogP contribution in [0, 0.1) is 0 Å². The van der Waals surface area contributed by atoms with Crippen LogP contribution in [0.3, 0.4) is 0 Å². The van der Waals surface area contributed by atoms with Gasteiger partial charge in [-0.2, -0.15) is 0 Å². The molecular formula is C18H16N2S. The highest BCUT2D eigenvalue weighted by Crippen LogP contribution is 2.30. The number of aromatic nitrogens is 1. The molecule has 0 radical (unpaired) electrons. The Morgan fingerprint density at radius 2 is 1.52 bits per heavy atom. The van der Waals surface area contributed by atoms with E-state index in [2.05, 4.69) is 64.2 Å². The highest BCUT2D eigenvalue weighted by molar-refractivity contribution is 7.14. The van der Waals surface area contributed by atoms with Crippen LogP contribution in [0.4, 0.5) is 5.13 Å². The van der Waals surface area contributed by atoms with Gasteiger partial charge >= 0.3 is 0 Å². The van der Waals surface area contributed by atoms with Crippen LogP contribution in [-0.4, -0.2) is 11.0 Å². The van der Waals surface area contributed by atoms with Crippen molar-refractivity contribution in [2.24, 2.45) is 0 Å². The zero-order chi connectivity index (χ0) is 14.1. The lowest BCUT2D eigenvalue weighted by Gasteiger charge is -2.03. The van der Waals surface area contributed by atoms with Crippen LogP contribution in [0.15, 0.2) is 60.0 Å². The monoisotopic (exact) mass is 292 g/mol. The molecule has 1 aliphatic rings. The number of nitrogens with one attached hydrogen (secondary N) is 1. The van der Waals surface area contributed by atoms with Crippen molar-refractivity contribution in [1.29, 1.82) is 0 Å². The molecule has 1 fully saturated rings. The summed E-state index contributed by atoms with van der Waals surface area (Å²) in [7, 11) is 0. The van der Waals surface area contributed by atoms with E-state index in [1.54, 1.807) is 11.3 Å². The Labute approximate surface area is 128 Å². The van der Waals surface area contributed by atoms with Crippen LogP contribution in [0.1, 0.15) is 12.8 Å². The lowest BCUT2D eigenvalue weighted by molar-refractivity contribution is 1.14. The molecule has 1 saturated carbocycles. The van der Waals surface area contributed by atoms with Gasteiger partial charge in [-0.05, 0) is 24.0 Å². The summed E-state index contributed by atoms with van der Waals surface area (Å²) in [5.41, 5.74) is 4.72. The first-order valence-corrected chi connectivity index (χ1v) is 8.14. The summed E-state index contributed by atoms with van der Waals surface area (Å²) in [6.45, 7) is 0. The summed E-state index contributed by atoms with van der Waals surface area (Å²) in [6.07, 6.45) is 2.56. The number of hydrogen-bond donors (Lipinski definition) is 1. The summed E-state index contributed by atoms with van der Waals surface area (Å²) in [5.74, 6) is 0. The number of nitrogens with zero attached hydrogens (tertiary/aromatic N) is 1. The predicted octanol–water partition coefficient (Wildman–Crippen LogP) is 5.05. The third-order valence-electron chi connectivity index (χ3n) is 3.70. The minimum absolute atomic E-state index is 0.657. The van der Waals surface area contributed by atoms with E-state index in [4.69, 9.17) is 0 Å². The van der Waals surface area contributed by atoms with Gasteiger partial charge in [0.25, 0.3) is 0 Å². The van der Waals surface area contributed by atoms with Gasteiger partial charge in [-0.15, -0.1) is 11.3 Å². The van der Waals surface area contributed by atoms with Crippen molar-refractivity contribution in [2.75, 3.05) is 5.32 Å². The molecule has 104 valence electrons. The van der Waals surface area contributed by atoms with Crippen molar-refractivity contribution in [3.8, 4) is 22.4 Å². The number of benzene rings is 2. The number of rotatable bonds is 4. The molecule has 0 saturated heterocycles. The maximum absolute atomic E-state index is 4.67. The fourth-order valence-corrected chi connectivity index (χ4v) is 3.14. The van der Waals surface area contributed by atoms with Crippen molar-refractivity contribution in [3.05, 3.63) is 60.0 Å². The van der Waals surface area contributed by atoms with Gasteiger partial charge in [0.15, 0.2) is 5.13 Å². The molecule has 0 atom stereocenters. The molecule has 21 heavy (non-hydrogen) atoms. The quantitative estimate of drug-likeness (QED) is 0.727. The lowest BCUT2D eigenvalue weighted by atomic mass is 10.0. The summed E-state index contributed by atoms with van der Waals surface area (Å²) in [6, 6.07) is 19.7. The molecule has 4 rings (SSSR count). The second kappa shape index (κ2) is 5.34. The molecule has 0 bridgehead atoms. The summed E-state index contributed by atoms with van der Waals surface area (Å²) < 4.78 is 0. The first kappa shape index (κ1) is 12.6. The Balaban J connectivity index is 1.56. The lowest BCUT2D eigenvalue weighted by Crippen LogP contribution is -1.99. The first-order chi connectivity index (χ1) is 10.4. The molecule has 2 nitrogen and oxygen atoms in total. The SMILES string of the molecule is c1ccc(-c2ccc(-c3csc(NC4CC4)n3)cc2)cc1. The molecule has 0 spiro atoms. The van der Waals surface area contributed by atoms with Gasteiger partial charge in [0, 0.05) is 17.0 Å². The van der Waals surface area contributed by atoms with Crippen LogP contribution in [0.25, 0.3) is 22.4 Å². The summed E-state index contributed by atoms with van der Waals surface area (Å²) >= 11 is 1.69. The van der Waals surface area contributed by atoms with Crippen LogP contribution >= 0.6 is 11.3 Å². The van der Waals surface area contributed by atoms with E-state index in [9.17, 15) is 0 Å². The van der Waals surface area contributed by atoms with Crippen molar-refractivity contribution in [2.45, 2.75) is 18.9 Å². The standard InChI is InChI=1S/C18H16N2S/c1-2-4-13(5-3-1)14-6-8-15(9-7-14)17-12-21-18(20-17)19-16-10-11-16/h1-9,12,16H,10-11H2,(H,19,20). The Morgan fingerprint density at radius 3 is 2.24 bits per heavy atom. The Morgan fingerprint density at radius 1 is 0.857 bits per heavy atom. The smallest absolute Gasteiger partial charge is 0.183 e.